The number of carbonyl (C=O) groups excluding carboxylic acids is 2. The van der Waals surface area contributed by atoms with Gasteiger partial charge in [-0.25, -0.2) is 9.98 Å². The summed E-state index contributed by atoms with van der Waals surface area (Å²) in [6.07, 6.45) is -2.90. The van der Waals surface area contributed by atoms with Crippen LogP contribution in [0.1, 0.15) is 22.3 Å². The number of amides is 2. The summed E-state index contributed by atoms with van der Waals surface area (Å²) in [5, 5.41) is 21.6. The Labute approximate surface area is 263 Å². The maximum absolute atomic E-state index is 12.2. The first-order chi connectivity index (χ1) is 20.6. The number of fused-ring (bicyclic) bond motifs is 2. The Balaban J connectivity index is 0.000000171. The highest BCUT2D eigenvalue weighted by Gasteiger charge is 2.30. The maximum atomic E-state index is 12.2. The number of hydrogen-bond acceptors (Lipinski definition) is 6. The molecule has 2 unspecified atom stereocenters. The summed E-state index contributed by atoms with van der Waals surface area (Å²) in [7, 11) is 3.20. The molecule has 4 aromatic rings. The van der Waals surface area contributed by atoms with E-state index in [2.05, 4.69) is 9.98 Å². The van der Waals surface area contributed by atoms with Crippen LogP contribution in [-0.4, -0.2) is 60.0 Å². The summed E-state index contributed by atoms with van der Waals surface area (Å²) in [5.41, 5.74) is 5.10. The average Bonchev–Trinajstić information content (AvgIpc) is 3.16. The summed E-state index contributed by atoms with van der Waals surface area (Å²) < 4.78 is 0. The summed E-state index contributed by atoms with van der Waals surface area (Å²) in [6.45, 7) is 0. The van der Waals surface area contributed by atoms with Crippen molar-refractivity contribution in [2.45, 2.75) is 12.5 Å². The Bertz CT molecular complexity index is 1780. The minimum atomic E-state index is -1.48. The number of aliphatic hydroxyl groups excluding tert-OH is 2. The molecular formula is C32H25Cl3N4O4. The molecule has 2 atom stereocenters. The number of carbonyl (C=O) groups is 2. The molecule has 2 aliphatic heterocycles. The summed E-state index contributed by atoms with van der Waals surface area (Å²) in [4.78, 5) is 35.4. The van der Waals surface area contributed by atoms with Gasteiger partial charge in [0.05, 0.1) is 22.8 Å². The van der Waals surface area contributed by atoms with E-state index in [4.69, 9.17) is 34.8 Å². The van der Waals surface area contributed by atoms with Crippen molar-refractivity contribution in [2.75, 3.05) is 23.9 Å². The van der Waals surface area contributed by atoms with E-state index in [-0.39, 0.29) is 0 Å². The standard InChI is InChI=1S/C16H12Cl2N2O2.C16H13ClN2O2/c1-20-13-7-6-9(17)8-11(13)14(19-15(21)16(20)22)10-4-2-3-5-12(10)18;1-19-13-8-7-11(17)9-12(13)14(18-15(20)16(19)21)10-5-3-2-4-6-10/h2-8,15,21H,1H3;2-9,15,20H,1H3. The van der Waals surface area contributed by atoms with E-state index in [0.29, 0.717) is 49.0 Å². The Morgan fingerprint density at radius 3 is 1.60 bits per heavy atom. The van der Waals surface area contributed by atoms with E-state index in [9.17, 15) is 19.8 Å². The van der Waals surface area contributed by atoms with Crippen molar-refractivity contribution in [2.24, 2.45) is 9.98 Å². The van der Waals surface area contributed by atoms with Crippen molar-refractivity contribution in [3.05, 3.63) is 128 Å². The number of nitrogens with zero attached hydrogens (tertiary/aromatic N) is 4. The van der Waals surface area contributed by atoms with Crippen LogP contribution in [0.5, 0.6) is 0 Å². The second kappa shape index (κ2) is 12.7. The van der Waals surface area contributed by atoms with E-state index in [1.165, 1.54) is 9.80 Å². The van der Waals surface area contributed by atoms with Gasteiger partial charge in [-0.15, -0.1) is 0 Å². The van der Waals surface area contributed by atoms with Crippen LogP contribution >= 0.6 is 34.8 Å². The van der Waals surface area contributed by atoms with E-state index in [1.807, 2.05) is 36.4 Å². The van der Waals surface area contributed by atoms with Crippen LogP contribution in [0.2, 0.25) is 15.1 Å². The van der Waals surface area contributed by atoms with Crippen LogP contribution < -0.4 is 9.80 Å². The largest absolute Gasteiger partial charge is 0.364 e. The highest BCUT2D eigenvalue weighted by Crippen LogP contribution is 2.32. The van der Waals surface area contributed by atoms with Crippen molar-refractivity contribution in [3.63, 3.8) is 0 Å². The Morgan fingerprint density at radius 2 is 1.07 bits per heavy atom. The van der Waals surface area contributed by atoms with E-state index in [0.717, 1.165) is 11.1 Å². The molecule has 0 fully saturated rings. The molecule has 0 spiro atoms. The third-order valence-electron chi connectivity index (χ3n) is 6.93. The number of anilines is 2. The van der Waals surface area contributed by atoms with Crippen molar-refractivity contribution in [3.8, 4) is 0 Å². The van der Waals surface area contributed by atoms with Crippen molar-refractivity contribution in [1.29, 1.82) is 0 Å². The maximum Gasteiger partial charge on any atom is 0.278 e. The molecule has 2 aliphatic rings. The Morgan fingerprint density at radius 1 is 0.605 bits per heavy atom. The molecule has 8 nitrogen and oxygen atoms in total. The van der Waals surface area contributed by atoms with Gasteiger partial charge in [-0.3, -0.25) is 9.59 Å². The van der Waals surface area contributed by atoms with Gasteiger partial charge < -0.3 is 20.0 Å². The molecule has 0 aromatic heterocycles. The molecule has 43 heavy (non-hydrogen) atoms. The monoisotopic (exact) mass is 634 g/mol. The summed E-state index contributed by atoms with van der Waals surface area (Å²) in [5.74, 6) is -0.977. The molecule has 0 saturated heterocycles. The van der Waals surface area contributed by atoms with Gasteiger partial charge in [-0.05, 0) is 42.5 Å². The molecule has 4 aromatic carbocycles. The number of hydrogen-bond donors (Lipinski definition) is 2. The number of aliphatic hydroxyl groups is 2. The van der Waals surface area contributed by atoms with Crippen LogP contribution in [0.25, 0.3) is 0 Å². The molecule has 0 aliphatic carbocycles. The van der Waals surface area contributed by atoms with Crippen molar-refractivity contribution < 1.29 is 19.8 Å². The third kappa shape index (κ3) is 6.20. The molecule has 2 N–H and O–H groups in total. The number of benzodiazepines with no additional fused rings is 2. The number of likely N-dealkylation sites (N-methyl/N-ethyl adjacent to an activating group) is 2. The number of benzene rings is 4. The van der Waals surface area contributed by atoms with E-state index >= 15 is 0 Å². The fraction of sp³-hybridized carbons (Fsp3) is 0.125. The lowest BCUT2D eigenvalue weighted by atomic mass is 10.0. The summed E-state index contributed by atoms with van der Waals surface area (Å²) >= 11 is 18.4. The molecule has 11 heteroatoms. The predicted octanol–water partition coefficient (Wildman–Crippen LogP) is 5.60. The SMILES string of the molecule is CN1C(=O)C(O)N=C(c2ccccc2)c2cc(Cl)ccc21.CN1C(=O)C(O)N=C(c2ccccc2Cl)c2cc(Cl)ccc21. The van der Waals surface area contributed by atoms with E-state index in [1.54, 1.807) is 68.7 Å². The topological polar surface area (TPSA) is 106 Å². The van der Waals surface area contributed by atoms with Gasteiger partial charge in [-0.2, -0.15) is 0 Å². The zero-order valence-corrected chi connectivity index (χ0v) is 25.2. The second-order valence-electron chi connectivity index (χ2n) is 9.67. The molecule has 0 saturated carbocycles. The van der Waals surface area contributed by atoms with Gasteiger partial charge in [0.15, 0.2) is 0 Å². The summed E-state index contributed by atoms with van der Waals surface area (Å²) in [6, 6.07) is 26.9. The Hall–Kier alpha value is -4.05. The molecule has 2 heterocycles. The van der Waals surface area contributed by atoms with Gasteiger partial charge in [0.25, 0.3) is 11.8 Å². The molecule has 218 valence electrons. The van der Waals surface area contributed by atoms with Gasteiger partial charge in [0.2, 0.25) is 12.5 Å². The first-order valence-electron chi connectivity index (χ1n) is 13.0. The van der Waals surface area contributed by atoms with Crippen LogP contribution in [0.15, 0.2) is 101 Å². The first kappa shape index (κ1) is 30.4. The molecular weight excluding hydrogens is 611 g/mol. The van der Waals surface area contributed by atoms with Gasteiger partial charge in [0.1, 0.15) is 0 Å². The van der Waals surface area contributed by atoms with Crippen LogP contribution in [-0.2, 0) is 9.59 Å². The van der Waals surface area contributed by atoms with Crippen LogP contribution in [0.3, 0.4) is 0 Å². The molecule has 2 amide bonds. The normalized spacial score (nSPS) is 17.9. The van der Waals surface area contributed by atoms with Crippen molar-refractivity contribution in [1.82, 2.24) is 0 Å². The number of halogens is 3. The fourth-order valence-corrected chi connectivity index (χ4v) is 5.32. The van der Waals surface area contributed by atoms with Gasteiger partial charge in [-0.1, -0.05) is 83.3 Å². The predicted molar refractivity (Wildman–Crippen MR) is 171 cm³/mol. The van der Waals surface area contributed by atoms with Crippen molar-refractivity contribution >= 4 is 69.4 Å². The highest BCUT2D eigenvalue weighted by molar-refractivity contribution is 6.37. The second-order valence-corrected chi connectivity index (χ2v) is 10.9. The highest BCUT2D eigenvalue weighted by atomic mass is 35.5. The van der Waals surface area contributed by atoms with Crippen LogP contribution in [0, 0.1) is 0 Å². The van der Waals surface area contributed by atoms with Gasteiger partial charge >= 0.3 is 0 Å². The Kier molecular flexibility index (Phi) is 8.96. The lowest BCUT2D eigenvalue weighted by Gasteiger charge is -2.18. The zero-order chi connectivity index (χ0) is 30.8. The minimum Gasteiger partial charge on any atom is -0.364 e. The molecule has 0 bridgehead atoms. The quantitative estimate of drug-likeness (QED) is 0.299. The zero-order valence-electron chi connectivity index (χ0n) is 22.9. The smallest absolute Gasteiger partial charge is 0.278 e. The lowest BCUT2D eigenvalue weighted by Crippen LogP contribution is -2.34. The number of rotatable bonds is 2. The lowest BCUT2D eigenvalue weighted by molar-refractivity contribution is -0.126. The molecule has 6 rings (SSSR count). The average molecular weight is 636 g/mol. The minimum absolute atomic E-state index is 0.438. The fourth-order valence-electron chi connectivity index (χ4n) is 4.75. The van der Waals surface area contributed by atoms with E-state index < -0.39 is 24.3 Å². The first-order valence-corrected chi connectivity index (χ1v) is 14.2. The molecule has 0 radical (unpaired) electrons. The van der Waals surface area contributed by atoms with Gasteiger partial charge in [0, 0.05) is 51.4 Å². The van der Waals surface area contributed by atoms with Crippen LogP contribution in [0.4, 0.5) is 11.4 Å². The number of aliphatic imine (C=N–C) groups is 2. The third-order valence-corrected chi connectivity index (χ3v) is 7.73.